The number of hydrogen-bond donors (Lipinski definition) is 2. The van der Waals surface area contributed by atoms with Gasteiger partial charge < -0.3 is 15.0 Å². The van der Waals surface area contributed by atoms with Gasteiger partial charge in [-0.3, -0.25) is 14.2 Å². The number of aromatic nitrogens is 2. The summed E-state index contributed by atoms with van der Waals surface area (Å²) in [5, 5.41) is 3.13. The Morgan fingerprint density at radius 2 is 2.24 bits per heavy atom. The lowest BCUT2D eigenvalue weighted by Gasteiger charge is -2.12. The number of amides is 1. The van der Waals surface area contributed by atoms with Crippen LogP contribution in [-0.4, -0.2) is 28.2 Å². The van der Waals surface area contributed by atoms with E-state index >= 15 is 0 Å². The van der Waals surface area contributed by atoms with Crippen LogP contribution >= 0.6 is 11.6 Å². The van der Waals surface area contributed by atoms with Gasteiger partial charge in [0.05, 0.1) is 12.6 Å². The maximum atomic E-state index is 12.6. The number of anilines is 1. The third-order valence-corrected chi connectivity index (χ3v) is 4.40. The summed E-state index contributed by atoms with van der Waals surface area (Å²) in [6, 6.07) is 5.08. The van der Waals surface area contributed by atoms with E-state index in [9.17, 15) is 14.4 Å². The first-order valence-corrected chi connectivity index (χ1v) is 8.35. The standard InChI is InChI=1S/C17H18ClN3O4/c1-10-4-5-11(18)7-14(10)20-15(22)13-8-19-17(24)21(16(13)23)9-12-3-2-6-25-12/h4-5,7-8,12H,2-3,6,9H2,1H3,(H,19,24)(H,20,22). The molecule has 3 rings (SSSR count). The molecular formula is C17H18ClN3O4. The second-order valence-corrected chi connectivity index (χ2v) is 6.41. The van der Waals surface area contributed by atoms with Crippen molar-refractivity contribution in [3.05, 3.63) is 61.4 Å². The lowest BCUT2D eigenvalue weighted by Crippen LogP contribution is -2.41. The molecule has 0 saturated carbocycles. The zero-order valence-corrected chi connectivity index (χ0v) is 14.4. The first-order valence-electron chi connectivity index (χ1n) is 7.97. The minimum atomic E-state index is -0.642. The fourth-order valence-electron chi connectivity index (χ4n) is 2.75. The summed E-state index contributed by atoms with van der Waals surface area (Å²) < 4.78 is 6.47. The highest BCUT2D eigenvalue weighted by molar-refractivity contribution is 6.31. The molecule has 132 valence electrons. The van der Waals surface area contributed by atoms with Crippen LogP contribution in [0.1, 0.15) is 28.8 Å². The van der Waals surface area contributed by atoms with Gasteiger partial charge in [-0.1, -0.05) is 17.7 Å². The van der Waals surface area contributed by atoms with E-state index in [2.05, 4.69) is 10.3 Å². The number of nitrogens with one attached hydrogen (secondary N) is 2. The van der Waals surface area contributed by atoms with E-state index < -0.39 is 17.2 Å². The molecule has 1 atom stereocenters. The van der Waals surface area contributed by atoms with E-state index in [0.717, 1.165) is 29.2 Å². The van der Waals surface area contributed by atoms with Crippen LogP contribution in [0.4, 0.5) is 5.69 Å². The average molecular weight is 364 g/mol. The van der Waals surface area contributed by atoms with E-state index in [0.29, 0.717) is 17.3 Å². The Labute approximate surface area is 148 Å². The zero-order valence-electron chi connectivity index (χ0n) is 13.7. The number of ether oxygens (including phenoxy) is 1. The first-order chi connectivity index (χ1) is 12.0. The first kappa shape index (κ1) is 17.4. The highest BCUT2D eigenvalue weighted by atomic mass is 35.5. The van der Waals surface area contributed by atoms with E-state index in [1.807, 2.05) is 6.92 Å². The number of carbonyl (C=O) groups is 1. The molecule has 0 bridgehead atoms. The van der Waals surface area contributed by atoms with Crippen molar-refractivity contribution in [2.24, 2.45) is 0 Å². The summed E-state index contributed by atoms with van der Waals surface area (Å²) in [7, 11) is 0. The van der Waals surface area contributed by atoms with Crippen LogP contribution in [-0.2, 0) is 11.3 Å². The second kappa shape index (κ2) is 7.25. The highest BCUT2D eigenvalue weighted by Crippen LogP contribution is 2.20. The number of aryl methyl sites for hydroxylation is 1. The van der Waals surface area contributed by atoms with Crippen LogP contribution in [0, 0.1) is 6.92 Å². The molecule has 1 saturated heterocycles. The normalized spacial score (nSPS) is 16.8. The summed E-state index contributed by atoms with van der Waals surface area (Å²) in [6.07, 6.45) is 2.62. The average Bonchev–Trinajstić information content (AvgIpc) is 3.08. The number of benzene rings is 1. The maximum Gasteiger partial charge on any atom is 0.328 e. The van der Waals surface area contributed by atoms with Crippen LogP contribution in [0.2, 0.25) is 5.02 Å². The molecule has 1 aromatic heterocycles. The Bertz CT molecular complexity index is 913. The molecule has 1 unspecified atom stereocenters. The van der Waals surface area contributed by atoms with Gasteiger partial charge in [0.15, 0.2) is 0 Å². The lowest BCUT2D eigenvalue weighted by atomic mass is 10.2. The largest absolute Gasteiger partial charge is 0.376 e. The van der Waals surface area contributed by atoms with Crippen molar-refractivity contribution in [1.82, 2.24) is 9.55 Å². The van der Waals surface area contributed by atoms with Gasteiger partial charge in [-0.15, -0.1) is 0 Å². The Hall–Kier alpha value is -2.38. The predicted molar refractivity (Wildman–Crippen MR) is 94.4 cm³/mol. The Balaban J connectivity index is 1.89. The number of nitrogens with zero attached hydrogens (tertiary/aromatic N) is 1. The van der Waals surface area contributed by atoms with Gasteiger partial charge in [0, 0.05) is 23.5 Å². The summed E-state index contributed by atoms with van der Waals surface area (Å²) in [4.78, 5) is 39.4. The molecule has 7 nitrogen and oxygen atoms in total. The molecule has 1 aromatic carbocycles. The van der Waals surface area contributed by atoms with E-state index in [1.54, 1.807) is 18.2 Å². The summed E-state index contributed by atoms with van der Waals surface area (Å²) in [5.41, 5.74) is -0.0278. The molecule has 0 radical (unpaired) electrons. The minimum absolute atomic E-state index is 0.130. The monoisotopic (exact) mass is 363 g/mol. The van der Waals surface area contributed by atoms with Gasteiger partial charge in [0.1, 0.15) is 5.56 Å². The molecule has 1 fully saturated rings. The van der Waals surface area contributed by atoms with Crippen molar-refractivity contribution >= 4 is 23.2 Å². The third-order valence-electron chi connectivity index (χ3n) is 4.16. The number of hydrogen-bond acceptors (Lipinski definition) is 4. The fourth-order valence-corrected chi connectivity index (χ4v) is 2.92. The SMILES string of the molecule is Cc1ccc(Cl)cc1NC(=O)c1c[nH]c(=O)n(CC2CCCO2)c1=O. The van der Waals surface area contributed by atoms with Gasteiger partial charge in [0.25, 0.3) is 11.5 Å². The number of aromatic amines is 1. The van der Waals surface area contributed by atoms with Crippen LogP contribution in [0.3, 0.4) is 0 Å². The van der Waals surface area contributed by atoms with E-state index in [-0.39, 0.29) is 18.2 Å². The number of rotatable bonds is 4. The summed E-state index contributed by atoms with van der Waals surface area (Å²) >= 11 is 5.94. The van der Waals surface area contributed by atoms with Gasteiger partial charge in [-0.25, -0.2) is 4.79 Å². The van der Waals surface area contributed by atoms with E-state index in [4.69, 9.17) is 16.3 Å². The quantitative estimate of drug-likeness (QED) is 0.868. The van der Waals surface area contributed by atoms with Crippen LogP contribution in [0.5, 0.6) is 0 Å². The van der Waals surface area contributed by atoms with Gasteiger partial charge in [-0.05, 0) is 37.5 Å². The van der Waals surface area contributed by atoms with Crippen LogP contribution < -0.4 is 16.6 Å². The molecule has 2 N–H and O–H groups in total. The van der Waals surface area contributed by atoms with Crippen molar-refractivity contribution in [2.75, 3.05) is 11.9 Å². The molecule has 1 amide bonds. The minimum Gasteiger partial charge on any atom is -0.376 e. The highest BCUT2D eigenvalue weighted by Gasteiger charge is 2.21. The third kappa shape index (κ3) is 3.83. The number of halogens is 1. The van der Waals surface area contributed by atoms with Crippen molar-refractivity contribution < 1.29 is 9.53 Å². The molecule has 1 aliphatic heterocycles. The molecule has 0 aliphatic carbocycles. The zero-order chi connectivity index (χ0) is 18.0. The van der Waals surface area contributed by atoms with Crippen LogP contribution in [0.15, 0.2) is 34.0 Å². The molecule has 0 spiro atoms. The lowest BCUT2D eigenvalue weighted by molar-refractivity contribution is 0.0941. The second-order valence-electron chi connectivity index (χ2n) is 5.97. The van der Waals surface area contributed by atoms with Crippen molar-refractivity contribution in [3.8, 4) is 0 Å². The Morgan fingerprint density at radius 3 is 2.96 bits per heavy atom. The molecule has 8 heteroatoms. The Kier molecular flexibility index (Phi) is 5.06. The summed E-state index contributed by atoms with van der Waals surface area (Å²) in [5.74, 6) is -0.604. The molecular weight excluding hydrogens is 346 g/mol. The summed E-state index contributed by atoms with van der Waals surface area (Å²) in [6.45, 7) is 2.56. The van der Waals surface area contributed by atoms with Gasteiger partial charge in [0.2, 0.25) is 0 Å². The topological polar surface area (TPSA) is 93.2 Å². The van der Waals surface area contributed by atoms with Crippen molar-refractivity contribution in [1.29, 1.82) is 0 Å². The van der Waals surface area contributed by atoms with Crippen LogP contribution in [0.25, 0.3) is 0 Å². The molecule has 25 heavy (non-hydrogen) atoms. The maximum absolute atomic E-state index is 12.6. The molecule has 2 heterocycles. The Morgan fingerprint density at radius 1 is 1.44 bits per heavy atom. The molecule has 2 aromatic rings. The van der Waals surface area contributed by atoms with E-state index in [1.165, 1.54) is 0 Å². The molecule has 1 aliphatic rings. The predicted octanol–water partition coefficient (Wildman–Crippen LogP) is 1.93. The smallest absolute Gasteiger partial charge is 0.328 e. The number of carbonyl (C=O) groups excluding carboxylic acids is 1. The number of H-pyrrole nitrogens is 1. The van der Waals surface area contributed by atoms with Crippen molar-refractivity contribution in [2.45, 2.75) is 32.4 Å². The van der Waals surface area contributed by atoms with Crippen molar-refractivity contribution in [3.63, 3.8) is 0 Å². The fraction of sp³-hybridized carbons (Fsp3) is 0.353. The van der Waals surface area contributed by atoms with Gasteiger partial charge >= 0.3 is 5.69 Å². The van der Waals surface area contributed by atoms with Gasteiger partial charge in [-0.2, -0.15) is 0 Å².